The lowest BCUT2D eigenvalue weighted by atomic mass is 10.2. The quantitative estimate of drug-likeness (QED) is 0.663. The van der Waals surface area contributed by atoms with Gasteiger partial charge in [0.05, 0.1) is 6.16 Å². The van der Waals surface area contributed by atoms with E-state index in [1.807, 2.05) is 0 Å². The van der Waals surface area contributed by atoms with Crippen molar-refractivity contribution in [2.24, 2.45) is 0 Å². The van der Waals surface area contributed by atoms with Crippen LogP contribution < -0.4 is 0 Å². The molecule has 0 spiro atoms. The van der Waals surface area contributed by atoms with Crippen LogP contribution >= 0.6 is 8.46 Å². The maximum absolute atomic E-state index is 10.1. The first kappa shape index (κ1) is 7.23. The van der Waals surface area contributed by atoms with Crippen LogP contribution in [0.15, 0.2) is 24.3 Å². The van der Waals surface area contributed by atoms with Crippen molar-refractivity contribution in [3.63, 3.8) is 0 Å². The van der Waals surface area contributed by atoms with Crippen LogP contribution in [0.1, 0.15) is 5.56 Å². The molecule has 0 amide bonds. The number of benzene rings is 1. The Morgan fingerprint density at radius 3 is 2.70 bits per heavy atom. The van der Waals surface area contributed by atoms with E-state index in [4.69, 9.17) is 5.11 Å². The Hall–Kier alpha value is -0.880. The molecule has 0 aliphatic carbocycles. The van der Waals surface area contributed by atoms with E-state index in [0.717, 1.165) is 5.56 Å². The monoisotopic (exact) mass is 154 g/mol. The number of rotatable bonds is 2. The maximum atomic E-state index is 10.1. The van der Waals surface area contributed by atoms with Gasteiger partial charge in [-0.25, -0.2) is 0 Å². The summed E-state index contributed by atoms with van der Waals surface area (Å²) in [5, 5.41) is 9.10. The summed E-state index contributed by atoms with van der Waals surface area (Å²) in [5.41, 5.74) is 0.721. The molecule has 10 heavy (non-hydrogen) atoms. The molecule has 0 atom stereocenters. The molecule has 3 heteroatoms. The van der Waals surface area contributed by atoms with Gasteiger partial charge in [-0.05, 0) is 6.07 Å². The maximum Gasteiger partial charge on any atom is 0.160 e. The molecule has 0 heterocycles. The van der Waals surface area contributed by atoms with E-state index in [2.05, 4.69) is 0 Å². The number of aromatic hydroxyl groups is 1. The van der Waals surface area contributed by atoms with E-state index in [1.165, 1.54) is 0 Å². The van der Waals surface area contributed by atoms with Gasteiger partial charge >= 0.3 is 0 Å². The zero-order valence-electron chi connectivity index (χ0n) is 5.32. The van der Waals surface area contributed by atoms with E-state index in [1.54, 1.807) is 24.3 Å². The van der Waals surface area contributed by atoms with Crippen LogP contribution in [0.4, 0.5) is 0 Å². The average molecular weight is 154 g/mol. The van der Waals surface area contributed by atoms with Crippen LogP contribution in [0.2, 0.25) is 0 Å². The van der Waals surface area contributed by atoms with Gasteiger partial charge < -0.3 is 5.11 Å². The van der Waals surface area contributed by atoms with Crippen LogP contribution in [0.3, 0.4) is 0 Å². The van der Waals surface area contributed by atoms with Crippen molar-refractivity contribution in [2.75, 3.05) is 0 Å². The number of hydrogen-bond acceptors (Lipinski definition) is 2. The van der Waals surface area contributed by atoms with E-state index in [-0.39, 0.29) is 14.2 Å². The molecule has 1 aromatic carbocycles. The Balaban J connectivity index is 2.91. The molecule has 0 aliphatic heterocycles. The van der Waals surface area contributed by atoms with Gasteiger partial charge in [0, 0.05) is 5.56 Å². The lowest BCUT2D eigenvalue weighted by Crippen LogP contribution is -1.76. The van der Waals surface area contributed by atoms with Crippen LogP contribution in [-0.2, 0) is 10.7 Å². The summed E-state index contributed by atoms with van der Waals surface area (Å²) in [6.07, 6.45) is 0.382. The van der Waals surface area contributed by atoms with Crippen LogP contribution in [0.25, 0.3) is 0 Å². The molecule has 0 bridgehead atoms. The fourth-order valence-corrected chi connectivity index (χ4v) is 1.12. The molecular weight excluding hydrogens is 147 g/mol. The van der Waals surface area contributed by atoms with E-state index < -0.39 is 0 Å². The van der Waals surface area contributed by atoms with Crippen molar-refractivity contribution in [1.29, 1.82) is 0 Å². The topological polar surface area (TPSA) is 37.3 Å². The Bertz CT molecular complexity index is 235. The molecule has 0 aromatic heterocycles. The third kappa shape index (κ3) is 1.55. The van der Waals surface area contributed by atoms with Gasteiger partial charge in [-0.1, -0.05) is 18.2 Å². The number of phenols is 1. The minimum Gasteiger partial charge on any atom is -0.508 e. The number of para-hydroxylation sites is 1. The lowest BCUT2D eigenvalue weighted by molar-refractivity contribution is 0.470. The summed E-state index contributed by atoms with van der Waals surface area (Å²) in [5.74, 6) is 0.214. The molecule has 0 saturated carbocycles. The Morgan fingerprint density at radius 1 is 1.40 bits per heavy atom. The first-order valence-corrected chi connectivity index (χ1v) is 3.90. The van der Waals surface area contributed by atoms with Crippen molar-refractivity contribution >= 4 is 8.46 Å². The Labute approximate surface area is 60.7 Å². The van der Waals surface area contributed by atoms with Crippen molar-refractivity contribution in [2.45, 2.75) is 6.16 Å². The van der Waals surface area contributed by atoms with Gasteiger partial charge in [-0.2, -0.15) is 0 Å². The van der Waals surface area contributed by atoms with Gasteiger partial charge in [0.15, 0.2) is 8.46 Å². The normalized spacial score (nSPS) is 10.0. The highest BCUT2D eigenvalue weighted by atomic mass is 31.1. The third-order valence-electron chi connectivity index (χ3n) is 1.23. The zero-order chi connectivity index (χ0) is 7.40. The fourth-order valence-electron chi connectivity index (χ4n) is 0.714. The minimum atomic E-state index is 0.0402. The summed E-state index contributed by atoms with van der Waals surface area (Å²) in [4.78, 5) is 0. The molecule has 0 aliphatic rings. The summed E-state index contributed by atoms with van der Waals surface area (Å²) in [6, 6.07) is 6.88. The minimum absolute atomic E-state index is 0.0402. The largest absolute Gasteiger partial charge is 0.508 e. The van der Waals surface area contributed by atoms with E-state index in [9.17, 15) is 4.57 Å². The van der Waals surface area contributed by atoms with Crippen molar-refractivity contribution in [1.82, 2.24) is 0 Å². The predicted molar refractivity (Wildman–Crippen MR) is 39.4 cm³/mol. The van der Waals surface area contributed by atoms with Gasteiger partial charge in [0.2, 0.25) is 0 Å². The Morgan fingerprint density at radius 2 is 2.10 bits per heavy atom. The molecule has 1 rings (SSSR count). The van der Waals surface area contributed by atoms with Crippen molar-refractivity contribution in [3.05, 3.63) is 29.8 Å². The first-order valence-electron chi connectivity index (χ1n) is 2.90. The first-order chi connectivity index (χ1) is 4.84. The smallest absolute Gasteiger partial charge is 0.160 e. The molecule has 0 radical (unpaired) electrons. The van der Waals surface area contributed by atoms with Crippen molar-refractivity contribution in [3.8, 4) is 5.75 Å². The van der Waals surface area contributed by atoms with Crippen LogP contribution in [0.5, 0.6) is 5.75 Å². The Kier molecular flexibility index (Phi) is 2.41. The summed E-state index contributed by atoms with van der Waals surface area (Å²) in [6.45, 7) is 0. The summed E-state index contributed by atoms with van der Waals surface area (Å²) < 4.78 is 10.1. The highest BCUT2D eigenvalue weighted by Gasteiger charge is 1.96. The number of hydrogen-bond donors (Lipinski definition) is 1. The second kappa shape index (κ2) is 3.33. The van der Waals surface area contributed by atoms with Gasteiger partial charge in [-0.15, -0.1) is 0 Å². The second-order valence-corrected chi connectivity index (χ2v) is 2.49. The third-order valence-corrected chi connectivity index (χ3v) is 1.70. The molecule has 1 aromatic rings. The standard InChI is InChI=1S/C7H7O2P/c8-7-4-2-1-3-6(7)5-10-9/h1-4,8H,5H2. The SMILES string of the molecule is O=PCc1ccccc1O. The second-order valence-electron chi connectivity index (χ2n) is 1.92. The highest BCUT2D eigenvalue weighted by molar-refractivity contribution is 7.22. The molecule has 0 unspecified atom stereocenters. The summed E-state index contributed by atoms with van der Waals surface area (Å²) in [7, 11) is 0.0402. The van der Waals surface area contributed by atoms with E-state index >= 15 is 0 Å². The summed E-state index contributed by atoms with van der Waals surface area (Å²) >= 11 is 0. The molecule has 1 N–H and O–H groups in total. The molecule has 52 valence electrons. The van der Waals surface area contributed by atoms with Crippen molar-refractivity contribution < 1.29 is 9.67 Å². The number of phenolic OH excluding ortho intramolecular Hbond substituents is 1. The lowest BCUT2D eigenvalue weighted by Gasteiger charge is -1.95. The van der Waals surface area contributed by atoms with Gasteiger partial charge in [-0.3, -0.25) is 4.57 Å². The van der Waals surface area contributed by atoms with E-state index in [0.29, 0.717) is 6.16 Å². The van der Waals surface area contributed by atoms with Crippen LogP contribution in [-0.4, -0.2) is 5.11 Å². The van der Waals surface area contributed by atoms with Gasteiger partial charge in [0.25, 0.3) is 0 Å². The molecule has 0 fully saturated rings. The predicted octanol–water partition coefficient (Wildman–Crippen LogP) is 2.18. The average Bonchev–Trinajstić information content (AvgIpc) is 1.94. The highest BCUT2D eigenvalue weighted by Crippen LogP contribution is 2.19. The molecule has 0 saturated heterocycles. The molecule has 2 nitrogen and oxygen atoms in total. The van der Waals surface area contributed by atoms with Crippen LogP contribution in [0, 0.1) is 0 Å². The fraction of sp³-hybridized carbons (Fsp3) is 0.143. The van der Waals surface area contributed by atoms with Gasteiger partial charge in [0.1, 0.15) is 5.75 Å². The zero-order valence-corrected chi connectivity index (χ0v) is 6.21. The molecular formula is C7H7O2P.